The van der Waals surface area contributed by atoms with Crippen molar-refractivity contribution in [1.29, 1.82) is 0 Å². The van der Waals surface area contributed by atoms with Gasteiger partial charge in [-0.25, -0.2) is 13.1 Å². The standard InChI is InChI=1S/C17H24N2O3S/c1-13-5-3-4-6-16(13)19-17(20)12-9-14-7-10-15(11-8-14)23(21,22)18-2/h7-13,16,18H,3-6H2,1-2H3,(H,19,20)/b12-9+. The number of nitrogens with one attached hydrogen (secondary N) is 2. The van der Waals surface area contributed by atoms with Gasteiger partial charge in [-0.2, -0.15) is 0 Å². The maximum Gasteiger partial charge on any atom is 0.244 e. The summed E-state index contributed by atoms with van der Waals surface area (Å²) in [5.41, 5.74) is 0.784. The summed E-state index contributed by atoms with van der Waals surface area (Å²) in [5, 5.41) is 3.05. The maximum atomic E-state index is 12.0. The molecule has 5 nitrogen and oxygen atoms in total. The van der Waals surface area contributed by atoms with Crippen molar-refractivity contribution in [2.45, 2.75) is 43.5 Å². The van der Waals surface area contributed by atoms with Crippen LogP contribution in [0.15, 0.2) is 35.2 Å². The van der Waals surface area contributed by atoms with Gasteiger partial charge in [0.2, 0.25) is 15.9 Å². The molecular formula is C17H24N2O3S. The fourth-order valence-corrected chi connectivity index (χ4v) is 3.54. The molecule has 23 heavy (non-hydrogen) atoms. The second kappa shape index (κ2) is 7.75. The summed E-state index contributed by atoms with van der Waals surface area (Å²) in [5.74, 6) is 0.419. The molecule has 126 valence electrons. The third-order valence-electron chi connectivity index (χ3n) is 4.33. The molecule has 2 N–H and O–H groups in total. The molecule has 6 heteroatoms. The Labute approximate surface area is 138 Å². The Kier molecular flexibility index (Phi) is 5.96. The lowest BCUT2D eigenvalue weighted by molar-refractivity contribution is -0.117. The zero-order valence-corrected chi connectivity index (χ0v) is 14.4. The summed E-state index contributed by atoms with van der Waals surface area (Å²) in [4.78, 5) is 12.2. The van der Waals surface area contributed by atoms with Crippen LogP contribution >= 0.6 is 0 Å². The van der Waals surface area contributed by atoms with Crippen molar-refractivity contribution in [2.75, 3.05) is 7.05 Å². The van der Waals surface area contributed by atoms with Crippen LogP contribution in [0.1, 0.15) is 38.2 Å². The van der Waals surface area contributed by atoms with E-state index in [4.69, 9.17) is 0 Å². The lowest BCUT2D eigenvalue weighted by atomic mass is 9.86. The summed E-state index contributed by atoms with van der Waals surface area (Å²) in [6.45, 7) is 2.18. The molecule has 1 aromatic carbocycles. The molecule has 2 atom stereocenters. The molecule has 0 saturated heterocycles. The molecule has 0 spiro atoms. The van der Waals surface area contributed by atoms with Crippen LogP contribution in [0.5, 0.6) is 0 Å². The van der Waals surface area contributed by atoms with Crippen LogP contribution in [0.4, 0.5) is 0 Å². The number of hydrogen-bond acceptors (Lipinski definition) is 3. The molecule has 0 heterocycles. The second-order valence-electron chi connectivity index (χ2n) is 5.99. The monoisotopic (exact) mass is 336 g/mol. The van der Waals surface area contributed by atoms with Crippen molar-refractivity contribution in [3.63, 3.8) is 0 Å². The minimum atomic E-state index is -3.42. The van der Waals surface area contributed by atoms with Crippen LogP contribution in [0.2, 0.25) is 0 Å². The molecule has 0 aliphatic heterocycles. The van der Waals surface area contributed by atoms with Crippen molar-refractivity contribution < 1.29 is 13.2 Å². The van der Waals surface area contributed by atoms with Gasteiger partial charge in [0.1, 0.15) is 0 Å². The lowest BCUT2D eigenvalue weighted by Crippen LogP contribution is -2.40. The van der Waals surface area contributed by atoms with E-state index in [0.29, 0.717) is 5.92 Å². The van der Waals surface area contributed by atoms with Crippen molar-refractivity contribution >= 4 is 22.0 Å². The Hall–Kier alpha value is -1.66. The molecule has 0 radical (unpaired) electrons. The van der Waals surface area contributed by atoms with Gasteiger partial charge in [-0.1, -0.05) is 31.9 Å². The SMILES string of the molecule is CNS(=O)(=O)c1ccc(/C=C/C(=O)NC2CCCCC2C)cc1. The van der Waals surface area contributed by atoms with Crippen molar-refractivity contribution in [3.8, 4) is 0 Å². The van der Waals surface area contributed by atoms with Crippen LogP contribution in [-0.4, -0.2) is 27.4 Å². The molecule has 0 bridgehead atoms. The highest BCUT2D eigenvalue weighted by Gasteiger charge is 2.21. The van der Waals surface area contributed by atoms with E-state index in [1.54, 1.807) is 18.2 Å². The summed E-state index contributed by atoms with van der Waals surface area (Å²) < 4.78 is 25.5. The normalized spacial score (nSPS) is 22.2. The lowest BCUT2D eigenvalue weighted by Gasteiger charge is -2.29. The predicted octanol–water partition coefficient (Wildman–Crippen LogP) is 2.30. The Morgan fingerprint density at radius 3 is 2.43 bits per heavy atom. The van der Waals surface area contributed by atoms with E-state index < -0.39 is 10.0 Å². The number of hydrogen-bond donors (Lipinski definition) is 2. The molecule has 2 unspecified atom stereocenters. The van der Waals surface area contributed by atoms with Gasteiger partial charge in [0.05, 0.1) is 4.90 Å². The van der Waals surface area contributed by atoms with E-state index in [1.807, 2.05) is 0 Å². The number of carbonyl (C=O) groups excluding carboxylic acids is 1. The fraction of sp³-hybridized carbons (Fsp3) is 0.471. The number of amides is 1. The minimum absolute atomic E-state index is 0.101. The Balaban J connectivity index is 1.95. The summed E-state index contributed by atoms with van der Waals surface area (Å²) in [6, 6.07) is 6.65. The first kappa shape index (κ1) is 17.7. The summed E-state index contributed by atoms with van der Waals surface area (Å²) in [7, 11) is -2.05. The van der Waals surface area contributed by atoms with Gasteiger partial charge in [0, 0.05) is 12.1 Å². The molecule has 1 saturated carbocycles. The highest BCUT2D eigenvalue weighted by molar-refractivity contribution is 7.89. The Bertz CT molecular complexity index is 666. The fourth-order valence-electron chi connectivity index (χ4n) is 2.81. The zero-order chi connectivity index (χ0) is 16.9. The van der Waals surface area contributed by atoms with Gasteiger partial charge in [-0.05, 0) is 49.6 Å². The van der Waals surface area contributed by atoms with E-state index in [9.17, 15) is 13.2 Å². The Morgan fingerprint density at radius 2 is 1.83 bits per heavy atom. The summed E-state index contributed by atoms with van der Waals surface area (Å²) in [6.07, 6.45) is 7.81. The number of sulfonamides is 1. The van der Waals surface area contributed by atoms with Crippen molar-refractivity contribution in [2.24, 2.45) is 5.92 Å². The molecule has 1 amide bonds. The maximum absolute atomic E-state index is 12.0. The second-order valence-corrected chi connectivity index (χ2v) is 7.87. The van der Waals surface area contributed by atoms with Gasteiger partial charge in [0.25, 0.3) is 0 Å². The van der Waals surface area contributed by atoms with Gasteiger partial charge in [0.15, 0.2) is 0 Å². The van der Waals surface area contributed by atoms with Gasteiger partial charge in [-0.15, -0.1) is 0 Å². The number of carbonyl (C=O) groups is 1. The first-order valence-electron chi connectivity index (χ1n) is 7.94. The van der Waals surface area contributed by atoms with E-state index in [0.717, 1.165) is 18.4 Å². The third-order valence-corrected chi connectivity index (χ3v) is 5.76. The molecule has 1 aliphatic carbocycles. The van der Waals surface area contributed by atoms with Crippen molar-refractivity contribution in [3.05, 3.63) is 35.9 Å². The summed E-state index contributed by atoms with van der Waals surface area (Å²) >= 11 is 0. The van der Waals surface area contributed by atoms with E-state index >= 15 is 0 Å². The van der Waals surface area contributed by atoms with Crippen LogP contribution in [0.3, 0.4) is 0 Å². The molecule has 1 fully saturated rings. The zero-order valence-electron chi connectivity index (χ0n) is 13.6. The number of rotatable bonds is 5. The van der Waals surface area contributed by atoms with E-state index in [1.165, 1.54) is 38.1 Å². The first-order chi connectivity index (χ1) is 10.9. The average Bonchev–Trinajstić information content (AvgIpc) is 2.55. The topological polar surface area (TPSA) is 75.3 Å². The Morgan fingerprint density at radius 1 is 1.17 bits per heavy atom. The van der Waals surface area contributed by atoms with Crippen LogP contribution in [0, 0.1) is 5.92 Å². The molecular weight excluding hydrogens is 312 g/mol. The highest BCUT2D eigenvalue weighted by Crippen LogP contribution is 2.23. The van der Waals surface area contributed by atoms with Crippen molar-refractivity contribution in [1.82, 2.24) is 10.0 Å². The number of benzene rings is 1. The highest BCUT2D eigenvalue weighted by atomic mass is 32.2. The quantitative estimate of drug-likeness (QED) is 0.810. The average molecular weight is 336 g/mol. The van der Waals surface area contributed by atoms with Gasteiger partial charge < -0.3 is 5.32 Å². The molecule has 2 rings (SSSR count). The first-order valence-corrected chi connectivity index (χ1v) is 9.43. The molecule has 0 aromatic heterocycles. The van der Waals surface area contributed by atoms with Gasteiger partial charge in [-0.3, -0.25) is 4.79 Å². The molecule has 1 aromatic rings. The van der Waals surface area contributed by atoms with E-state index in [-0.39, 0.29) is 16.8 Å². The van der Waals surface area contributed by atoms with E-state index in [2.05, 4.69) is 17.0 Å². The third kappa shape index (κ3) is 4.91. The predicted molar refractivity (Wildman–Crippen MR) is 91.3 cm³/mol. The minimum Gasteiger partial charge on any atom is -0.350 e. The van der Waals surface area contributed by atoms with Gasteiger partial charge >= 0.3 is 0 Å². The largest absolute Gasteiger partial charge is 0.350 e. The van der Waals surface area contributed by atoms with Crippen LogP contribution in [0.25, 0.3) is 6.08 Å². The smallest absolute Gasteiger partial charge is 0.244 e. The van der Waals surface area contributed by atoms with Crippen LogP contribution < -0.4 is 10.0 Å². The molecule has 1 aliphatic rings. The van der Waals surface area contributed by atoms with Crippen LogP contribution in [-0.2, 0) is 14.8 Å².